The van der Waals surface area contributed by atoms with E-state index in [1.807, 2.05) is 61.5 Å². The number of nitrogens with one attached hydrogen (secondary N) is 1. The first kappa shape index (κ1) is 16.1. The Morgan fingerprint density at radius 3 is 2.54 bits per heavy atom. The van der Waals surface area contributed by atoms with Gasteiger partial charge in [0.05, 0.1) is 6.54 Å². The molecular formula is C19H18N4O3. The highest BCUT2D eigenvalue weighted by Gasteiger charge is 2.23. The van der Waals surface area contributed by atoms with E-state index in [2.05, 4.69) is 15.5 Å². The second-order valence-corrected chi connectivity index (χ2v) is 5.99. The molecule has 1 unspecified atom stereocenters. The Hall–Kier alpha value is -3.35. The van der Waals surface area contributed by atoms with Crippen LogP contribution >= 0.6 is 0 Å². The Kier molecular flexibility index (Phi) is 4.27. The summed E-state index contributed by atoms with van der Waals surface area (Å²) in [4.78, 5) is 13.2. The predicted octanol–water partition coefficient (Wildman–Crippen LogP) is 3.87. The molecule has 0 saturated carbocycles. The second kappa shape index (κ2) is 6.87. The highest BCUT2D eigenvalue weighted by molar-refractivity contribution is 5.89. The van der Waals surface area contributed by atoms with Crippen molar-refractivity contribution in [2.24, 2.45) is 0 Å². The summed E-state index contributed by atoms with van der Waals surface area (Å²) < 4.78 is 10.7. The van der Waals surface area contributed by atoms with Gasteiger partial charge >= 0.3 is 6.09 Å². The van der Waals surface area contributed by atoms with Gasteiger partial charge in [-0.2, -0.15) is 0 Å². The summed E-state index contributed by atoms with van der Waals surface area (Å²) >= 11 is 0. The molecule has 2 aromatic carbocycles. The summed E-state index contributed by atoms with van der Waals surface area (Å²) in [7, 11) is 0. The molecule has 7 nitrogen and oxygen atoms in total. The van der Waals surface area contributed by atoms with Crippen LogP contribution in [-0.2, 0) is 4.74 Å². The van der Waals surface area contributed by atoms with E-state index in [-0.39, 0.29) is 12.1 Å². The summed E-state index contributed by atoms with van der Waals surface area (Å²) in [6, 6.07) is 17.1. The quantitative estimate of drug-likeness (QED) is 0.752. The van der Waals surface area contributed by atoms with Crippen molar-refractivity contribution in [3.05, 3.63) is 60.5 Å². The van der Waals surface area contributed by atoms with Crippen molar-refractivity contribution in [2.45, 2.75) is 13.0 Å². The third-order valence-electron chi connectivity index (χ3n) is 4.15. The molecule has 0 bridgehead atoms. The van der Waals surface area contributed by atoms with Crippen LogP contribution in [0.3, 0.4) is 0 Å². The summed E-state index contributed by atoms with van der Waals surface area (Å²) in [5.41, 5.74) is 2.60. The Bertz CT molecular complexity index is 893. The molecule has 0 spiro atoms. The molecule has 0 radical (unpaired) electrons. The van der Waals surface area contributed by atoms with Crippen molar-refractivity contribution in [3.8, 4) is 11.5 Å². The molecule has 7 heteroatoms. The van der Waals surface area contributed by atoms with Crippen molar-refractivity contribution in [1.29, 1.82) is 0 Å². The van der Waals surface area contributed by atoms with Crippen molar-refractivity contribution in [2.75, 3.05) is 23.4 Å². The fourth-order valence-electron chi connectivity index (χ4n) is 2.78. The normalized spacial score (nSPS) is 15.0. The molecule has 132 valence electrons. The maximum atomic E-state index is 11.6. The molecule has 1 atom stereocenters. The molecule has 4 rings (SSSR count). The highest BCUT2D eigenvalue weighted by atomic mass is 16.6. The zero-order valence-corrected chi connectivity index (χ0v) is 14.3. The zero-order valence-electron chi connectivity index (χ0n) is 14.3. The predicted molar refractivity (Wildman–Crippen MR) is 96.9 cm³/mol. The van der Waals surface area contributed by atoms with Crippen LogP contribution in [0.1, 0.15) is 18.9 Å². The third-order valence-corrected chi connectivity index (χ3v) is 4.15. The van der Waals surface area contributed by atoms with Crippen molar-refractivity contribution < 1.29 is 13.9 Å². The Labute approximate surface area is 150 Å². The van der Waals surface area contributed by atoms with Gasteiger partial charge in [-0.05, 0) is 43.3 Å². The molecule has 1 fully saturated rings. The van der Waals surface area contributed by atoms with E-state index in [0.29, 0.717) is 24.9 Å². The molecule has 2 heterocycles. The van der Waals surface area contributed by atoms with Gasteiger partial charge in [-0.25, -0.2) is 4.79 Å². The summed E-state index contributed by atoms with van der Waals surface area (Å²) in [5.74, 6) is 1.01. The van der Waals surface area contributed by atoms with Crippen molar-refractivity contribution >= 4 is 17.5 Å². The molecule has 1 amide bonds. The van der Waals surface area contributed by atoms with Gasteiger partial charge in [0.15, 0.2) is 0 Å². The van der Waals surface area contributed by atoms with Gasteiger partial charge in [0.1, 0.15) is 12.6 Å². The zero-order chi connectivity index (χ0) is 17.9. The van der Waals surface area contributed by atoms with Gasteiger partial charge in [0.25, 0.3) is 0 Å². The van der Waals surface area contributed by atoms with E-state index < -0.39 is 0 Å². The monoisotopic (exact) mass is 350 g/mol. The average molecular weight is 350 g/mol. The number of benzene rings is 2. The number of carbonyl (C=O) groups is 1. The number of rotatable bonds is 5. The van der Waals surface area contributed by atoms with E-state index in [9.17, 15) is 4.79 Å². The fourth-order valence-corrected chi connectivity index (χ4v) is 2.78. The lowest BCUT2D eigenvalue weighted by atomic mass is 10.2. The van der Waals surface area contributed by atoms with Gasteiger partial charge in [-0.3, -0.25) is 4.90 Å². The van der Waals surface area contributed by atoms with Gasteiger partial charge in [0.2, 0.25) is 11.8 Å². The van der Waals surface area contributed by atoms with Gasteiger partial charge in [-0.1, -0.05) is 18.2 Å². The molecule has 0 aliphatic carbocycles. The van der Waals surface area contributed by atoms with Crippen LogP contribution in [0.15, 0.2) is 59.0 Å². The SMILES string of the molecule is CC(Nc1ccc(N2CCOC2=O)cc1)c1nnc(-c2ccccc2)o1. The lowest BCUT2D eigenvalue weighted by Gasteiger charge is -2.15. The third kappa shape index (κ3) is 3.23. The fraction of sp³-hybridized carbons (Fsp3) is 0.211. The average Bonchev–Trinajstić information content (AvgIpc) is 3.32. The first-order valence-electron chi connectivity index (χ1n) is 8.40. The van der Waals surface area contributed by atoms with Crippen LogP contribution in [0.5, 0.6) is 0 Å². The lowest BCUT2D eigenvalue weighted by Crippen LogP contribution is -2.23. The van der Waals surface area contributed by atoms with Crippen LogP contribution in [0.2, 0.25) is 0 Å². The number of anilines is 2. The van der Waals surface area contributed by atoms with Gasteiger partial charge in [-0.15, -0.1) is 10.2 Å². The number of amides is 1. The second-order valence-electron chi connectivity index (χ2n) is 5.99. The Morgan fingerprint density at radius 1 is 1.08 bits per heavy atom. The first-order chi connectivity index (χ1) is 12.7. The minimum absolute atomic E-state index is 0.150. The molecule has 1 aliphatic heterocycles. The molecule has 1 N–H and O–H groups in total. The van der Waals surface area contributed by atoms with E-state index in [1.54, 1.807) is 4.90 Å². The van der Waals surface area contributed by atoms with Gasteiger partial charge in [0, 0.05) is 16.9 Å². The molecule has 26 heavy (non-hydrogen) atoms. The minimum atomic E-state index is -0.307. The van der Waals surface area contributed by atoms with Crippen LogP contribution < -0.4 is 10.2 Å². The first-order valence-corrected chi connectivity index (χ1v) is 8.40. The van der Waals surface area contributed by atoms with Crippen molar-refractivity contribution in [3.63, 3.8) is 0 Å². The maximum Gasteiger partial charge on any atom is 0.414 e. The molecular weight excluding hydrogens is 332 g/mol. The van der Waals surface area contributed by atoms with E-state index in [4.69, 9.17) is 9.15 Å². The molecule has 3 aromatic rings. The van der Waals surface area contributed by atoms with E-state index in [0.717, 1.165) is 16.9 Å². The minimum Gasteiger partial charge on any atom is -0.447 e. The smallest absolute Gasteiger partial charge is 0.414 e. The molecule has 1 saturated heterocycles. The van der Waals surface area contributed by atoms with Crippen LogP contribution in [-0.4, -0.2) is 29.4 Å². The summed E-state index contributed by atoms with van der Waals surface area (Å²) in [5, 5.41) is 11.6. The number of ether oxygens (including phenoxy) is 1. The standard InChI is InChI=1S/C19H18N4O3/c1-13(17-21-22-18(26-17)14-5-3-2-4-6-14)20-15-7-9-16(10-8-15)23-11-12-25-19(23)24/h2-10,13,20H,11-12H2,1H3. The topological polar surface area (TPSA) is 80.5 Å². The van der Waals surface area contributed by atoms with Crippen molar-refractivity contribution in [1.82, 2.24) is 10.2 Å². The lowest BCUT2D eigenvalue weighted by molar-refractivity contribution is 0.181. The van der Waals surface area contributed by atoms with E-state index >= 15 is 0 Å². The number of cyclic esters (lactones) is 1. The number of aromatic nitrogens is 2. The number of nitrogens with zero attached hydrogens (tertiary/aromatic N) is 3. The summed E-state index contributed by atoms with van der Waals surface area (Å²) in [6.07, 6.45) is -0.307. The molecule has 1 aromatic heterocycles. The maximum absolute atomic E-state index is 11.6. The van der Waals surface area contributed by atoms with Crippen LogP contribution in [0, 0.1) is 0 Å². The van der Waals surface area contributed by atoms with E-state index in [1.165, 1.54) is 0 Å². The Morgan fingerprint density at radius 2 is 1.85 bits per heavy atom. The summed E-state index contributed by atoms with van der Waals surface area (Å²) in [6.45, 7) is 2.96. The van der Waals surface area contributed by atoms with Crippen LogP contribution in [0.4, 0.5) is 16.2 Å². The highest BCUT2D eigenvalue weighted by Crippen LogP contribution is 2.25. The Balaban J connectivity index is 1.44. The number of hydrogen-bond acceptors (Lipinski definition) is 6. The van der Waals surface area contributed by atoms with Crippen LogP contribution in [0.25, 0.3) is 11.5 Å². The number of carbonyl (C=O) groups excluding carboxylic acids is 1. The number of hydrogen-bond donors (Lipinski definition) is 1. The molecule has 1 aliphatic rings. The van der Waals surface area contributed by atoms with Gasteiger partial charge < -0.3 is 14.5 Å². The largest absolute Gasteiger partial charge is 0.447 e.